The van der Waals surface area contributed by atoms with E-state index in [1.165, 1.54) is 30.5 Å². The first-order valence-corrected chi connectivity index (χ1v) is 13.0. The summed E-state index contributed by atoms with van der Waals surface area (Å²) < 4.78 is 54.7. The van der Waals surface area contributed by atoms with E-state index in [4.69, 9.17) is 0 Å². The average molecular weight is 566 g/mol. The number of hydrogen-bond donors (Lipinski definition) is 3. The summed E-state index contributed by atoms with van der Waals surface area (Å²) in [5, 5.41) is 5.65. The fraction of sp³-hybridized carbons (Fsp3) is 0.233. The molecule has 41 heavy (non-hydrogen) atoms. The van der Waals surface area contributed by atoms with Crippen molar-refractivity contribution in [1.82, 2.24) is 14.9 Å². The molecule has 11 heteroatoms. The zero-order valence-electron chi connectivity index (χ0n) is 22.2. The fourth-order valence-corrected chi connectivity index (χ4v) is 4.92. The summed E-state index contributed by atoms with van der Waals surface area (Å²) in [7, 11) is 1.70. The van der Waals surface area contributed by atoms with E-state index >= 15 is 0 Å². The number of nitrogens with zero attached hydrogens (tertiary/aromatic N) is 2. The lowest BCUT2D eigenvalue weighted by Gasteiger charge is -2.30. The van der Waals surface area contributed by atoms with Crippen molar-refractivity contribution >= 4 is 29.0 Å². The molecule has 212 valence electrons. The third-order valence-electron chi connectivity index (χ3n) is 7.21. The standard InChI is InChI=1S/C30H27F4N5O2/c1-16-13-23-26(30(41)39(16)2)28(36-22-6-4-3-5-21(22)32)27(37-23)18-11-12-35-25(14-18)38-29(40)20(15-24(33)34)17-7-9-19(31)10-8-17/h3-12,14,16,20,24,36-37H,13,15H2,1-2H3,(H,35,38,40)/t16-,20?/m0/s1. The number of benzene rings is 2. The molecule has 1 unspecified atom stereocenters. The number of anilines is 3. The fourth-order valence-electron chi connectivity index (χ4n) is 4.92. The van der Waals surface area contributed by atoms with Crippen molar-refractivity contribution in [3.8, 4) is 11.3 Å². The summed E-state index contributed by atoms with van der Waals surface area (Å²) in [5.41, 5.74) is 2.80. The highest BCUT2D eigenvalue weighted by Crippen LogP contribution is 2.39. The number of para-hydroxylation sites is 1. The maximum absolute atomic E-state index is 14.6. The number of amides is 2. The summed E-state index contributed by atoms with van der Waals surface area (Å²) in [6, 6.07) is 14.0. The highest BCUT2D eigenvalue weighted by molar-refractivity contribution is 6.06. The van der Waals surface area contributed by atoms with E-state index in [0.29, 0.717) is 34.6 Å². The van der Waals surface area contributed by atoms with Crippen LogP contribution in [0.1, 0.15) is 40.9 Å². The molecule has 0 aliphatic carbocycles. The monoisotopic (exact) mass is 565 g/mol. The first kappa shape index (κ1) is 27.9. The van der Waals surface area contributed by atoms with Gasteiger partial charge in [0.2, 0.25) is 12.3 Å². The molecule has 2 aromatic carbocycles. The zero-order chi connectivity index (χ0) is 29.3. The van der Waals surface area contributed by atoms with Gasteiger partial charge in [0, 0.05) is 43.4 Å². The first-order valence-electron chi connectivity index (χ1n) is 13.0. The van der Waals surface area contributed by atoms with Gasteiger partial charge in [-0.25, -0.2) is 22.5 Å². The molecule has 0 fully saturated rings. The smallest absolute Gasteiger partial charge is 0.257 e. The maximum Gasteiger partial charge on any atom is 0.257 e. The predicted molar refractivity (Wildman–Crippen MR) is 147 cm³/mol. The molecule has 0 saturated carbocycles. The number of nitrogens with one attached hydrogen (secondary N) is 3. The van der Waals surface area contributed by atoms with Crippen LogP contribution in [0.2, 0.25) is 0 Å². The van der Waals surface area contributed by atoms with E-state index in [9.17, 15) is 27.2 Å². The summed E-state index contributed by atoms with van der Waals surface area (Å²) >= 11 is 0. The molecule has 0 spiro atoms. The Morgan fingerprint density at radius 1 is 1.12 bits per heavy atom. The normalized spacial score (nSPS) is 15.5. The Morgan fingerprint density at radius 2 is 1.85 bits per heavy atom. The zero-order valence-corrected chi connectivity index (χ0v) is 22.2. The molecule has 5 rings (SSSR count). The predicted octanol–water partition coefficient (Wildman–Crippen LogP) is 6.49. The van der Waals surface area contributed by atoms with Gasteiger partial charge in [-0.2, -0.15) is 0 Å². The summed E-state index contributed by atoms with van der Waals surface area (Å²) in [6.07, 6.45) is -1.57. The van der Waals surface area contributed by atoms with Crippen molar-refractivity contribution < 1.29 is 27.2 Å². The Kier molecular flexibility index (Phi) is 7.78. The second-order valence-corrected chi connectivity index (χ2v) is 9.95. The van der Waals surface area contributed by atoms with Gasteiger partial charge in [-0.05, 0) is 48.9 Å². The van der Waals surface area contributed by atoms with Crippen molar-refractivity contribution in [1.29, 1.82) is 0 Å². The highest BCUT2D eigenvalue weighted by atomic mass is 19.3. The molecule has 0 saturated heterocycles. The lowest BCUT2D eigenvalue weighted by molar-refractivity contribution is -0.118. The van der Waals surface area contributed by atoms with Crippen molar-refractivity contribution in [2.24, 2.45) is 0 Å². The molecular formula is C30H27F4N5O2. The third-order valence-corrected chi connectivity index (χ3v) is 7.21. The van der Waals surface area contributed by atoms with Crippen molar-refractivity contribution in [3.63, 3.8) is 0 Å². The third kappa shape index (κ3) is 5.79. The van der Waals surface area contributed by atoms with Crippen LogP contribution in [-0.4, -0.2) is 46.2 Å². The number of carbonyl (C=O) groups is 2. The SMILES string of the molecule is C[C@H]1Cc2[nH]c(-c3ccnc(NC(=O)C(CC(F)F)c4ccc(F)cc4)c3)c(Nc3ccccc3F)c2C(=O)N1C. The molecule has 2 amide bonds. The van der Waals surface area contributed by atoms with Crippen LogP contribution in [0, 0.1) is 11.6 Å². The van der Waals surface area contributed by atoms with Crippen LogP contribution < -0.4 is 10.6 Å². The van der Waals surface area contributed by atoms with Gasteiger partial charge in [-0.1, -0.05) is 24.3 Å². The number of hydrogen-bond acceptors (Lipinski definition) is 4. The molecule has 0 radical (unpaired) electrons. The van der Waals surface area contributed by atoms with E-state index in [0.717, 1.165) is 12.1 Å². The Bertz CT molecular complexity index is 1590. The van der Waals surface area contributed by atoms with Gasteiger partial charge in [0.15, 0.2) is 0 Å². The van der Waals surface area contributed by atoms with Crippen molar-refractivity contribution in [3.05, 3.63) is 95.3 Å². The van der Waals surface area contributed by atoms with E-state index in [1.807, 2.05) is 6.92 Å². The summed E-state index contributed by atoms with van der Waals surface area (Å²) in [4.78, 5) is 35.5. The van der Waals surface area contributed by atoms with Gasteiger partial charge in [0.1, 0.15) is 17.5 Å². The molecule has 2 atom stereocenters. The van der Waals surface area contributed by atoms with Crippen molar-refractivity contribution in [2.75, 3.05) is 17.7 Å². The van der Waals surface area contributed by atoms with E-state index in [2.05, 4.69) is 20.6 Å². The molecular weight excluding hydrogens is 538 g/mol. The minimum Gasteiger partial charge on any atom is -0.356 e. The van der Waals surface area contributed by atoms with Crippen LogP contribution in [0.3, 0.4) is 0 Å². The lowest BCUT2D eigenvalue weighted by Crippen LogP contribution is -2.41. The second-order valence-electron chi connectivity index (χ2n) is 9.95. The maximum atomic E-state index is 14.6. The number of H-pyrrole nitrogens is 1. The molecule has 2 aromatic heterocycles. The number of alkyl halides is 2. The number of likely N-dealkylation sites (N-methyl/N-ethyl adjacent to an activating group) is 1. The van der Waals surface area contributed by atoms with Crippen LogP contribution in [0.5, 0.6) is 0 Å². The van der Waals surface area contributed by atoms with Gasteiger partial charge >= 0.3 is 0 Å². The number of halogens is 4. The topological polar surface area (TPSA) is 90.1 Å². The lowest BCUT2D eigenvalue weighted by atomic mass is 9.95. The van der Waals surface area contributed by atoms with Crippen LogP contribution in [0.4, 0.5) is 34.8 Å². The average Bonchev–Trinajstić information content (AvgIpc) is 3.30. The molecule has 1 aliphatic heterocycles. The second kappa shape index (κ2) is 11.4. The van der Waals surface area contributed by atoms with Crippen LogP contribution >= 0.6 is 0 Å². The van der Waals surface area contributed by atoms with E-state index < -0.39 is 36.3 Å². The Balaban J connectivity index is 1.51. The van der Waals surface area contributed by atoms with Crippen LogP contribution in [0.25, 0.3) is 11.3 Å². The minimum absolute atomic E-state index is 0.0756. The van der Waals surface area contributed by atoms with Gasteiger partial charge < -0.3 is 20.5 Å². The molecule has 0 bridgehead atoms. The minimum atomic E-state index is -2.77. The van der Waals surface area contributed by atoms with E-state index in [-0.39, 0.29) is 29.0 Å². The van der Waals surface area contributed by atoms with E-state index in [1.54, 1.807) is 36.2 Å². The van der Waals surface area contributed by atoms with Gasteiger partial charge in [-0.15, -0.1) is 0 Å². The van der Waals surface area contributed by atoms with Crippen LogP contribution in [0.15, 0.2) is 66.9 Å². The molecule has 3 heterocycles. The number of carbonyl (C=O) groups excluding carboxylic acids is 2. The molecule has 7 nitrogen and oxygen atoms in total. The Morgan fingerprint density at radius 3 is 2.56 bits per heavy atom. The summed E-state index contributed by atoms with van der Waals surface area (Å²) in [6.45, 7) is 1.92. The Labute approximate surface area is 233 Å². The molecule has 1 aliphatic rings. The number of aromatic amines is 1. The molecule has 4 aromatic rings. The number of aromatic nitrogens is 2. The van der Waals surface area contributed by atoms with Gasteiger partial charge in [0.05, 0.1) is 28.6 Å². The Hall–Kier alpha value is -4.67. The summed E-state index contributed by atoms with van der Waals surface area (Å²) in [5.74, 6) is -3.19. The number of fused-ring (bicyclic) bond motifs is 1. The molecule has 3 N–H and O–H groups in total. The van der Waals surface area contributed by atoms with Crippen molar-refractivity contribution in [2.45, 2.75) is 38.2 Å². The highest BCUT2D eigenvalue weighted by Gasteiger charge is 2.34. The van der Waals surface area contributed by atoms with Crippen LogP contribution in [-0.2, 0) is 11.2 Å². The largest absolute Gasteiger partial charge is 0.356 e. The first-order chi connectivity index (χ1) is 19.6. The van der Waals surface area contributed by atoms with Gasteiger partial charge in [-0.3, -0.25) is 9.59 Å². The quantitative estimate of drug-likeness (QED) is 0.213. The van der Waals surface area contributed by atoms with Gasteiger partial charge in [0.25, 0.3) is 5.91 Å². The number of rotatable bonds is 8. The number of pyridine rings is 1.